The van der Waals surface area contributed by atoms with E-state index in [1.165, 1.54) is 83.5 Å². The first kappa shape index (κ1) is 33.4. The molecule has 0 saturated heterocycles. The fourth-order valence-corrected chi connectivity index (χ4v) is 3.01. The molecular formula is C24H50O8. The summed E-state index contributed by atoms with van der Waals surface area (Å²) in [6.45, 7) is 1.10. The Labute approximate surface area is 194 Å². The first-order valence-corrected chi connectivity index (χ1v) is 12.5. The summed E-state index contributed by atoms with van der Waals surface area (Å²) in [5.41, 5.74) is 0. The average molecular weight is 467 g/mol. The van der Waals surface area contributed by atoms with Crippen LogP contribution < -0.4 is 0 Å². The number of aliphatic carboxylic acids is 1. The van der Waals surface area contributed by atoms with Crippen LogP contribution >= 0.6 is 0 Å². The molecule has 194 valence electrons. The summed E-state index contributed by atoms with van der Waals surface area (Å²) in [4.78, 5) is 19.1. The van der Waals surface area contributed by atoms with Crippen molar-refractivity contribution in [2.24, 2.45) is 0 Å². The molecule has 0 aromatic carbocycles. The van der Waals surface area contributed by atoms with E-state index in [0.717, 1.165) is 12.8 Å². The van der Waals surface area contributed by atoms with Gasteiger partial charge in [-0.2, -0.15) is 0 Å². The summed E-state index contributed by atoms with van der Waals surface area (Å²) in [6.07, 6.45) is 18.2. The minimum atomic E-state index is -0.990. The van der Waals surface area contributed by atoms with Crippen LogP contribution in [-0.4, -0.2) is 70.1 Å². The lowest BCUT2D eigenvalue weighted by molar-refractivity contribution is -0.316. The van der Waals surface area contributed by atoms with Gasteiger partial charge in [-0.05, 0) is 6.42 Å². The maximum Gasteiger partial charge on any atom is 0.303 e. The summed E-state index contributed by atoms with van der Waals surface area (Å²) in [6, 6.07) is 0. The second kappa shape index (κ2) is 28.3. The van der Waals surface area contributed by atoms with Gasteiger partial charge in [0.25, 0.3) is 0 Å². The lowest BCUT2D eigenvalue weighted by Crippen LogP contribution is -2.23. The van der Waals surface area contributed by atoms with E-state index in [9.17, 15) is 4.79 Å². The van der Waals surface area contributed by atoms with E-state index in [1.54, 1.807) is 0 Å². The summed E-state index contributed by atoms with van der Waals surface area (Å²) in [7, 11) is 0. The fourth-order valence-electron chi connectivity index (χ4n) is 3.01. The van der Waals surface area contributed by atoms with Gasteiger partial charge in [0.2, 0.25) is 0 Å². The van der Waals surface area contributed by atoms with Gasteiger partial charge in [-0.3, -0.25) is 4.79 Å². The number of carboxylic acids is 1. The van der Waals surface area contributed by atoms with Gasteiger partial charge in [0.1, 0.15) is 25.4 Å². The molecule has 0 amide bonds. The quantitative estimate of drug-likeness (QED) is 0.0866. The van der Waals surface area contributed by atoms with Crippen molar-refractivity contribution >= 4 is 5.97 Å². The molecule has 0 aliphatic rings. The number of rotatable bonds is 23. The van der Waals surface area contributed by atoms with Gasteiger partial charge >= 0.3 is 5.97 Å². The van der Waals surface area contributed by atoms with E-state index in [1.807, 2.05) is 0 Å². The van der Waals surface area contributed by atoms with Crippen molar-refractivity contribution in [3.8, 4) is 0 Å². The van der Waals surface area contributed by atoms with E-state index in [2.05, 4.69) is 16.7 Å². The Bertz CT molecular complexity index is 356. The smallest absolute Gasteiger partial charge is 0.303 e. The summed E-state index contributed by atoms with van der Waals surface area (Å²) in [5, 5.41) is 42.6. The second-order valence-electron chi connectivity index (χ2n) is 8.34. The van der Waals surface area contributed by atoms with E-state index in [-0.39, 0.29) is 13.2 Å². The van der Waals surface area contributed by atoms with Crippen LogP contribution in [0.2, 0.25) is 0 Å². The van der Waals surface area contributed by atoms with Gasteiger partial charge in [0.15, 0.2) is 0 Å². The largest absolute Gasteiger partial charge is 0.481 e. The van der Waals surface area contributed by atoms with Crippen LogP contribution in [0.5, 0.6) is 0 Å². The van der Waals surface area contributed by atoms with Crippen molar-refractivity contribution in [3.05, 3.63) is 0 Å². The van der Waals surface area contributed by atoms with Crippen molar-refractivity contribution in [2.45, 2.75) is 122 Å². The standard InChI is InChI=1S/C18H36O2.C6H14O6/c1-2-3-4-5-6-7-8-9-10-11-12-13-14-15-16-17-18(19)20;7-1-5(9)3-11-12-4-6(10)2-8/h2-17H2,1H3,(H,19,20);5-10H,1-4H2. The van der Waals surface area contributed by atoms with Crippen LogP contribution in [0.15, 0.2) is 0 Å². The van der Waals surface area contributed by atoms with Gasteiger partial charge in [-0.1, -0.05) is 96.8 Å². The average Bonchev–Trinajstić information content (AvgIpc) is 2.79. The van der Waals surface area contributed by atoms with Crippen molar-refractivity contribution in [3.63, 3.8) is 0 Å². The highest BCUT2D eigenvalue weighted by atomic mass is 17.2. The van der Waals surface area contributed by atoms with Gasteiger partial charge in [0, 0.05) is 6.42 Å². The molecule has 0 rings (SSSR count). The van der Waals surface area contributed by atoms with E-state index in [4.69, 9.17) is 25.5 Å². The highest BCUT2D eigenvalue weighted by molar-refractivity contribution is 5.66. The molecule has 0 aromatic heterocycles. The second-order valence-corrected chi connectivity index (χ2v) is 8.34. The van der Waals surface area contributed by atoms with Gasteiger partial charge < -0.3 is 25.5 Å². The lowest BCUT2D eigenvalue weighted by Gasteiger charge is -2.09. The number of aliphatic hydroxyl groups is 4. The Balaban J connectivity index is 0. The summed E-state index contributed by atoms with van der Waals surface area (Å²) in [5.74, 6) is -0.653. The highest BCUT2D eigenvalue weighted by Crippen LogP contribution is 2.13. The molecule has 8 nitrogen and oxygen atoms in total. The Morgan fingerprint density at radius 2 is 0.938 bits per heavy atom. The van der Waals surface area contributed by atoms with Crippen molar-refractivity contribution in [2.75, 3.05) is 26.4 Å². The first-order chi connectivity index (χ1) is 15.5. The molecule has 0 spiro atoms. The molecular weight excluding hydrogens is 416 g/mol. The Morgan fingerprint density at radius 1 is 0.625 bits per heavy atom. The molecule has 0 saturated carbocycles. The van der Waals surface area contributed by atoms with E-state index >= 15 is 0 Å². The number of carboxylic acid groups (broad SMARTS) is 1. The predicted molar refractivity (Wildman–Crippen MR) is 125 cm³/mol. The van der Waals surface area contributed by atoms with Crippen molar-refractivity contribution in [1.29, 1.82) is 0 Å². The van der Waals surface area contributed by atoms with Gasteiger partial charge in [-0.15, -0.1) is 0 Å². The van der Waals surface area contributed by atoms with Gasteiger partial charge in [0.05, 0.1) is 13.2 Å². The van der Waals surface area contributed by atoms with Crippen LogP contribution in [-0.2, 0) is 14.6 Å². The molecule has 0 bridgehead atoms. The first-order valence-electron chi connectivity index (χ1n) is 12.5. The molecule has 5 N–H and O–H groups in total. The maximum absolute atomic E-state index is 10.3. The molecule has 2 unspecified atom stereocenters. The predicted octanol–water partition coefficient (Wildman–Crippen LogP) is 3.97. The maximum atomic E-state index is 10.3. The lowest BCUT2D eigenvalue weighted by atomic mass is 10.0. The topological polar surface area (TPSA) is 137 Å². The van der Waals surface area contributed by atoms with E-state index in [0.29, 0.717) is 6.42 Å². The zero-order valence-corrected chi connectivity index (χ0v) is 20.3. The van der Waals surface area contributed by atoms with Crippen LogP contribution in [0, 0.1) is 0 Å². The number of unbranched alkanes of at least 4 members (excludes halogenated alkanes) is 14. The number of hydrogen-bond donors (Lipinski definition) is 5. The Kier molecular flexibility index (Phi) is 29.5. The normalized spacial score (nSPS) is 12.8. The third-order valence-corrected chi connectivity index (χ3v) is 5.02. The minimum absolute atomic E-state index is 0.172. The SMILES string of the molecule is CCCCCCCCCCCCCCCCCC(=O)O.OCC(O)COOCC(O)CO. The molecule has 0 radical (unpaired) electrons. The fraction of sp³-hybridized carbons (Fsp3) is 0.958. The van der Waals surface area contributed by atoms with Crippen LogP contribution in [0.3, 0.4) is 0 Å². The van der Waals surface area contributed by atoms with Crippen LogP contribution in [0.1, 0.15) is 110 Å². The molecule has 2 atom stereocenters. The van der Waals surface area contributed by atoms with Gasteiger partial charge in [-0.25, -0.2) is 9.78 Å². The third-order valence-electron chi connectivity index (χ3n) is 5.02. The third kappa shape index (κ3) is 31.4. The summed E-state index contributed by atoms with van der Waals surface area (Å²) >= 11 is 0. The molecule has 8 heteroatoms. The molecule has 0 aliphatic heterocycles. The zero-order valence-electron chi connectivity index (χ0n) is 20.3. The highest BCUT2D eigenvalue weighted by Gasteiger charge is 2.05. The number of carbonyl (C=O) groups is 1. The van der Waals surface area contributed by atoms with Crippen LogP contribution in [0.4, 0.5) is 0 Å². The summed E-state index contributed by atoms with van der Waals surface area (Å²) < 4.78 is 0. The van der Waals surface area contributed by atoms with E-state index < -0.39 is 31.4 Å². The molecule has 0 aliphatic carbocycles. The Hall–Kier alpha value is -0.770. The molecule has 0 fully saturated rings. The minimum Gasteiger partial charge on any atom is -0.481 e. The Morgan fingerprint density at radius 3 is 1.22 bits per heavy atom. The van der Waals surface area contributed by atoms with Crippen LogP contribution in [0.25, 0.3) is 0 Å². The number of hydrogen-bond acceptors (Lipinski definition) is 7. The molecule has 32 heavy (non-hydrogen) atoms. The monoisotopic (exact) mass is 466 g/mol. The molecule has 0 heterocycles. The van der Waals surface area contributed by atoms with Crippen molar-refractivity contribution < 1.29 is 40.1 Å². The zero-order chi connectivity index (χ0) is 24.3. The van der Waals surface area contributed by atoms with Crippen molar-refractivity contribution in [1.82, 2.24) is 0 Å². The molecule has 0 aromatic rings. The number of aliphatic hydroxyl groups excluding tert-OH is 4.